The number of amides is 1. The van der Waals surface area contributed by atoms with Gasteiger partial charge in [-0.05, 0) is 36.4 Å². The van der Waals surface area contributed by atoms with E-state index in [4.69, 9.17) is 5.11 Å². The van der Waals surface area contributed by atoms with Gasteiger partial charge in [-0.1, -0.05) is 18.9 Å². The van der Waals surface area contributed by atoms with E-state index in [0.717, 1.165) is 36.6 Å². The highest BCUT2D eigenvalue weighted by atomic mass is 16.4. The molecule has 1 aliphatic rings. The Morgan fingerprint density at radius 3 is 2.71 bits per heavy atom. The molecular formula is C16H18N2O3. The monoisotopic (exact) mass is 286 g/mol. The maximum atomic E-state index is 12.7. The molecule has 110 valence electrons. The first-order valence-corrected chi connectivity index (χ1v) is 7.25. The first kappa shape index (κ1) is 13.7. The zero-order chi connectivity index (χ0) is 14.8. The number of nitrogens with one attached hydrogen (secondary N) is 1. The number of carboxylic acid groups (broad SMARTS) is 1. The first-order valence-electron chi connectivity index (χ1n) is 7.25. The molecule has 1 aromatic carbocycles. The summed E-state index contributed by atoms with van der Waals surface area (Å²) in [4.78, 5) is 28.3. The van der Waals surface area contributed by atoms with Crippen LogP contribution in [0.5, 0.6) is 0 Å². The van der Waals surface area contributed by atoms with Gasteiger partial charge in [-0.25, -0.2) is 0 Å². The summed E-state index contributed by atoms with van der Waals surface area (Å²) in [6.45, 7) is -0.230. The summed E-state index contributed by atoms with van der Waals surface area (Å²) in [6.07, 6.45) is 5.73. The molecule has 0 saturated heterocycles. The summed E-state index contributed by atoms with van der Waals surface area (Å²) in [7, 11) is 0. The van der Waals surface area contributed by atoms with E-state index in [1.54, 1.807) is 12.1 Å². The number of benzene rings is 1. The van der Waals surface area contributed by atoms with E-state index in [0.29, 0.717) is 5.56 Å². The SMILES string of the molecule is O=C(O)CN(C(=O)c1ccc2cc[nH]c2c1)C1CCCC1. The predicted octanol–water partition coefficient (Wildman–Crippen LogP) is 2.64. The van der Waals surface area contributed by atoms with Crippen molar-refractivity contribution in [3.63, 3.8) is 0 Å². The summed E-state index contributed by atoms with van der Waals surface area (Å²) in [6, 6.07) is 7.43. The summed E-state index contributed by atoms with van der Waals surface area (Å²) >= 11 is 0. The van der Waals surface area contributed by atoms with Crippen molar-refractivity contribution in [2.45, 2.75) is 31.7 Å². The van der Waals surface area contributed by atoms with Gasteiger partial charge in [-0.2, -0.15) is 0 Å². The number of hydrogen-bond acceptors (Lipinski definition) is 2. The van der Waals surface area contributed by atoms with Gasteiger partial charge in [0.2, 0.25) is 0 Å². The molecule has 5 heteroatoms. The highest BCUT2D eigenvalue weighted by molar-refractivity contribution is 5.99. The Morgan fingerprint density at radius 2 is 2.00 bits per heavy atom. The molecule has 1 aromatic heterocycles. The lowest BCUT2D eigenvalue weighted by Gasteiger charge is -2.27. The Labute approximate surface area is 122 Å². The van der Waals surface area contributed by atoms with E-state index in [1.807, 2.05) is 18.3 Å². The summed E-state index contributed by atoms with van der Waals surface area (Å²) in [5.74, 6) is -1.16. The molecule has 1 heterocycles. The van der Waals surface area contributed by atoms with Crippen LogP contribution in [0.3, 0.4) is 0 Å². The standard InChI is InChI=1S/C16H18N2O3/c19-15(20)10-18(13-3-1-2-4-13)16(21)12-6-5-11-7-8-17-14(11)9-12/h5-9,13,17H,1-4,10H2,(H,19,20). The molecular weight excluding hydrogens is 268 g/mol. The van der Waals surface area contributed by atoms with Gasteiger partial charge in [0.15, 0.2) is 0 Å². The summed E-state index contributed by atoms with van der Waals surface area (Å²) in [5.41, 5.74) is 1.43. The topological polar surface area (TPSA) is 73.4 Å². The minimum Gasteiger partial charge on any atom is -0.480 e. The second-order valence-electron chi connectivity index (χ2n) is 5.54. The van der Waals surface area contributed by atoms with Gasteiger partial charge in [-0.3, -0.25) is 9.59 Å². The third kappa shape index (κ3) is 2.77. The molecule has 3 rings (SSSR count). The lowest BCUT2D eigenvalue weighted by molar-refractivity contribution is -0.138. The highest BCUT2D eigenvalue weighted by Gasteiger charge is 2.29. The van der Waals surface area contributed by atoms with Gasteiger partial charge in [0.1, 0.15) is 6.54 Å². The molecule has 5 nitrogen and oxygen atoms in total. The van der Waals surface area contributed by atoms with Crippen molar-refractivity contribution in [2.24, 2.45) is 0 Å². The van der Waals surface area contributed by atoms with Crippen molar-refractivity contribution in [1.82, 2.24) is 9.88 Å². The lowest BCUT2D eigenvalue weighted by atomic mass is 10.1. The van der Waals surface area contributed by atoms with E-state index >= 15 is 0 Å². The number of nitrogens with zero attached hydrogens (tertiary/aromatic N) is 1. The molecule has 0 atom stereocenters. The quantitative estimate of drug-likeness (QED) is 0.907. The van der Waals surface area contributed by atoms with E-state index in [2.05, 4.69) is 4.98 Å². The average molecular weight is 286 g/mol. The Bertz CT molecular complexity index is 671. The Balaban J connectivity index is 1.89. The van der Waals surface area contributed by atoms with Crippen molar-refractivity contribution >= 4 is 22.8 Å². The normalized spacial score (nSPS) is 15.4. The van der Waals surface area contributed by atoms with Crippen molar-refractivity contribution < 1.29 is 14.7 Å². The number of carbonyl (C=O) groups is 2. The zero-order valence-corrected chi connectivity index (χ0v) is 11.7. The van der Waals surface area contributed by atoms with Gasteiger partial charge in [0.05, 0.1) is 0 Å². The Hall–Kier alpha value is -2.30. The van der Waals surface area contributed by atoms with Gasteiger partial charge >= 0.3 is 5.97 Å². The van der Waals surface area contributed by atoms with Crippen LogP contribution < -0.4 is 0 Å². The van der Waals surface area contributed by atoms with Crippen LogP contribution in [0.1, 0.15) is 36.0 Å². The molecule has 1 saturated carbocycles. The van der Waals surface area contributed by atoms with Crippen LogP contribution in [-0.4, -0.2) is 39.5 Å². The summed E-state index contributed by atoms with van der Waals surface area (Å²) < 4.78 is 0. The number of H-pyrrole nitrogens is 1. The number of carboxylic acids is 1. The fourth-order valence-corrected chi connectivity index (χ4v) is 3.08. The molecule has 2 N–H and O–H groups in total. The summed E-state index contributed by atoms with van der Waals surface area (Å²) in [5, 5.41) is 10.1. The van der Waals surface area contributed by atoms with E-state index < -0.39 is 5.97 Å². The van der Waals surface area contributed by atoms with Gasteiger partial charge in [0.25, 0.3) is 5.91 Å². The molecule has 0 bridgehead atoms. The third-order valence-electron chi connectivity index (χ3n) is 4.13. The number of fused-ring (bicyclic) bond motifs is 1. The first-order chi connectivity index (χ1) is 10.1. The molecule has 0 spiro atoms. The van der Waals surface area contributed by atoms with Crippen LogP contribution >= 0.6 is 0 Å². The minimum atomic E-state index is -0.962. The number of hydrogen-bond donors (Lipinski definition) is 2. The number of aromatic nitrogens is 1. The van der Waals surface area contributed by atoms with E-state index in [9.17, 15) is 9.59 Å². The maximum absolute atomic E-state index is 12.7. The number of rotatable bonds is 4. The number of carbonyl (C=O) groups excluding carboxylic acids is 1. The lowest BCUT2D eigenvalue weighted by Crippen LogP contribution is -2.42. The predicted molar refractivity (Wildman–Crippen MR) is 79.2 cm³/mol. The fraction of sp³-hybridized carbons (Fsp3) is 0.375. The van der Waals surface area contributed by atoms with Crippen molar-refractivity contribution in [1.29, 1.82) is 0 Å². The Morgan fingerprint density at radius 1 is 1.24 bits per heavy atom. The maximum Gasteiger partial charge on any atom is 0.323 e. The largest absolute Gasteiger partial charge is 0.480 e. The number of aromatic amines is 1. The molecule has 2 aromatic rings. The van der Waals surface area contributed by atoms with Crippen molar-refractivity contribution in [3.8, 4) is 0 Å². The minimum absolute atomic E-state index is 0.0490. The van der Waals surface area contributed by atoms with Crippen LogP contribution in [0.15, 0.2) is 30.5 Å². The fourth-order valence-electron chi connectivity index (χ4n) is 3.08. The Kier molecular flexibility index (Phi) is 3.64. The molecule has 1 amide bonds. The highest BCUT2D eigenvalue weighted by Crippen LogP contribution is 2.25. The van der Waals surface area contributed by atoms with Crippen LogP contribution in [0.25, 0.3) is 10.9 Å². The molecule has 1 fully saturated rings. The average Bonchev–Trinajstić information content (AvgIpc) is 3.13. The molecule has 0 radical (unpaired) electrons. The zero-order valence-electron chi connectivity index (χ0n) is 11.7. The van der Waals surface area contributed by atoms with Crippen LogP contribution in [0.2, 0.25) is 0 Å². The third-order valence-corrected chi connectivity index (χ3v) is 4.13. The van der Waals surface area contributed by atoms with Gasteiger partial charge < -0.3 is 15.0 Å². The van der Waals surface area contributed by atoms with Crippen LogP contribution in [-0.2, 0) is 4.79 Å². The van der Waals surface area contributed by atoms with E-state index in [-0.39, 0.29) is 18.5 Å². The molecule has 0 aliphatic heterocycles. The van der Waals surface area contributed by atoms with Crippen LogP contribution in [0, 0.1) is 0 Å². The smallest absolute Gasteiger partial charge is 0.323 e. The molecule has 0 unspecified atom stereocenters. The number of aliphatic carboxylic acids is 1. The van der Waals surface area contributed by atoms with Crippen molar-refractivity contribution in [2.75, 3.05) is 6.54 Å². The van der Waals surface area contributed by atoms with E-state index in [1.165, 1.54) is 4.90 Å². The molecule has 21 heavy (non-hydrogen) atoms. The second kappa shape index (κ2) is 5.60. The second-order valence-corrected chi connectivity index (χ2v) is 5.54. The van der Waals surface area contributed by atoms with Gasteiger partial charge in [-0.15, -0.1) is 0 Å². The molecule has 1 aliphatic carbocycles. The van der Waals surface area contributed by atoms with Gasteiger partial charge in [0, 0.05) is 23.3 Å². The van der Waals surface area contributed by atoms with Crippen LogP contribution in [0.4, 0.5) is 0 Å². The van der Waals surface area contributed by atoms with Crippen molar-refractivity contribution in [3.05, 3.63) is 36.0 Å².